The van der Waals surface area contributed by atoms with Crippen LogP contribution in [-0.2, 0) is 0 Å². The van der Waals surface area contributed by atoms with Gasteiger partial charge in [0.15, 0.2) is 0 Å². The SMILES string of the molecule is Cc1oc(N=Cc2cc(C)n(-c3ccc(Cl)c(Cl)c3)c2C)c(C#N)c1C. The summed E-state index contributed by atoms with van der Waals surface area (Å²) in [6, 6.07) is 9.70. The van der Waals surface area contributed by atoms with Gasteiger partial charge in [-0.1, -0.05) is 23.2 Å². The van der Waals surface area contributed by atoms with Crippen molar-refractivity contribution in [3.05, 3.63) is 68.1 Å². The summed E-state index contributed by atoms with van der Waals surface area (Å²) in [7, 11) is 0. The molecule has 3 aromatic rings. The number of aliphatic imine (C=N–C) groups is 1. The van der Waals surface area contributed by atoms with Crippen LogP contribution in [-0.4, -0.2) is 10.8 Å². The molecule has 132 valence electrons. The lowest BCUT2D eigenvalue weighted by atomic mass is 10.2. The first-order valence-electron chi connectivity index (χ1n) is 8.02. The molecule has 6 heteroatoms. The van der Waals surface area contributed by atoms with Gasteiger partial charge in [0.2, 0.25) is 5.88 Å². The summed E-state index contributed by atoms with van der Waals surface area (Å²) in [5, 5.41) is 10.3. The Bertz CT molecular complexity index is 1070. The fourth-order valence-electron chi connectivity index (χ4n) is 2.90. The number of nitrogens with zero attached hydrogens (tertiary/aromatic N) is 3. The molecule has 0 unspecified atom stereocenters. The third-order valence-electron chi connectivity index (χ3n) is 4.43. The molecule has 0 atom stereocenters. The molecule has 0 aliphatic heterocycles. The van der Waals surface area contributed by atoms with Crippen molar-refractivity contribution in [2.75, 3.05) is 0 Å². The highest BCUT2D eigenvalue weighted by atomic mass is 35.5. The van der Waals surface area contributed by atoms with Crippen molar-refractivity contribution in [2.24, 2.45) is 4.99 Å². The van der Waals surface area contributed by atoms with Gasteiger partial charge in [0.05, 0.1) is 10.0 Å². The van der Waals surface area contributed by atoms with Crippen molar-refractivity contribution in [3.63, 3.8) is 0 Å². The van der Waals surface area contributed by atoms with Crippen molar-refractivity contribution in [3.8, 4) is 11.8 Å². The average Bonchev–Trinajstić information content (AvgIpc) is 3.04. The zero-order valence-electron chi connectivity index (χ0n) is 14.9. The molecule has 2 aromatic heterocycles. The summed E-state index contributed by atoms with van der Waals surface area (Å²) in [4.78, 5) is 4.39. The van der Waals surface area contributed by atoms with Crippen LogP contribution in [0.2, 0.25) is 10.0 Å². The Labute approximate surface area is 162 Å². The minimum atomic E-state index is 0.335. The van der Waals surface area contributed by atoms with Crippen LogP contribution >= 0.6 is 23.2 Å². The van der Waals surface area contributed by atoms with Gasteiger partial charge >= 0.3 is 0 Å². The number of nitriles is 1. The molecule has 0 amide bonds. The maximum atomic E-state index is 9.30. The highest BCUT2D eigenvalue weighted by Crippen LogP contribution is 2.29. The standard InChI is InChI=1S/C20H17Cl2N3O/c1-11-7-15(10-24-20-17(9-23)12(2)14(4)26-20)13(3)25(11)16-5-6-18(21)19(22)8-16/h5-8,10H,1-4H3. The molecule has 26 heavy (non-hydrogen) atoms. The third-order valence-corrected chi connectivity index (χ3v) is 5.17. The molecule has 1 aromatic carbocycles. The van der Waals surface area contributed by atoms with E-state index in [1.165, 1.54) is 0 Å². The summed E-state index contributed by atoms with van der Waals surface area (Å²) in [6.07, 6.45) is 1.72. The number of rotatable bonds is 3. The molecule has 0 fully saturated rings. The van der Waals surface area contributed by atoms with Crippen LogP contribution in [0.25, 0.3) is 5.69 Å². The van der Waals surface area contributed by atoms with Crippen molar-refractivity contribution < 1.29 is 4.42 Å². The van der Waals surface area contributed by atoms with Crippen LogP contribution in [0.4, 0.5) is 5.88 Å². The fraction of sp³-hybridized carbons (Fsp3) is 0.200. The van der Waals surface area contributed by atoms with Crippen molar-refractivity contribution in [1.82, 2.24) is 4.57 Å². The highest BCUT2D eigenvalue weighted by molar-refractivity contribution is 6.42. The lowest BCUT2D eigenvalue weighted by molar-refractivity contribution is 0.542. The molecule has 0 saturated heterocycles. The minimum Gasteiger partial charge on any atom is -0.442 e. The van der Waals surface area contributed by atoms with Gasteiger partial charge in [-0.15, -0.1) is 0 Å². The summed E-state index contributed by atoms with van der Waals surface area (Å²) in [6.45, 7) is 7.69. The predicted molar refractivity (Wildman–Crippen MR) is 105 cm³/mol. The lowest BCUT2D eigenvalue weighted by Crippen LogP contribution is -1.99. The van der Waals surface area contributed by atoms with E-state index < -0.39 is 0 Å². The summed E-state index contributed by atoms with van der Waals surface area (Å²) >= 11 is 12.2. The van der Waals surface area contributed by atoms with Crippen molar-refractivity contribution >= 4 is 35.3 Å². The predicted octanol–water partition coefficient (Wildman–Crippen LogP) is 6.23. The second-order valence-corrected chi connectivity index (χ2v) is 6.91. The number of aromatic nitrogens is 1. The van der Waals surface area contributed by atoms with Crippen LogP contribution in [0.3, 0.4) is 0 Å². The van der Waals surface area contributed by atoms with Crippen LogP contribution in [0.1, 0.15) is 33.8 Å². The zero-order chi connectivity index (χ0) is 19.0. The Kier molecular flexibility index (Phi) is 4.95. The van der Waals surface area contributed by atoms with E-state index in [9.17, 15) is 5.26 Å². The quantitative estimate of drug-likeness (QED) is 0.501. The van der Waals surface area contributed by atoms with Gasteiger partial charge in [-0.3, -0.25) is 0 Å². The Morgan fingerprint density at radius 1 is 1.12 bits per heavy atom. The van der Waals surface area contributed by atoms with E-state index in [-0.39, 0.29) is 0 Å². The Morgan fingerprint density at radius 2 is 1.85 bits per heavy atom. The summed E-state index contributed by atoms with van der Waals surface area (Å²) in [5.41, 5.74) is 5.19. The van der Waals surface area contributed by atoms with E-state index >= 15 is 0 Å². The van der Waals surface area contributed by atoms with Gasteiger partial charge in [-0.05, 0) is 52.0 Å². The van der Waals surface area contributed by atoms with Crippen molar-refractivity contribution in [1.29, 1.82) is 5.26 Å². The molecule has 0 aliphatic rings. The topological polar surface area (TPSA) is 54.2 Å². The van der Waals surface area contributed by atoms with E-state index in [1.807, 2.05) is 45.9 Å². The Morgan fingerprint density at radius 3 is 2.50 bits per heavy atom. The Balaban J connectivity index is 2.02. The van der Waals surface area contributed by atoms with Crippen LogP contribution in [0.5, 0.6) is 0 Å². The molecule has 2 heterocycles. The number of halogens is 2. The van der Waals surface area contributed by atoms with Gasteiger partial charge in [-0.2, -0.15) is 5.26 Å². The fourth-order valence-corrected chi connectivity index (χ4v) is 3.19. The van der Waals surface area contributed by atoms with Crippen molar-refractivity contribution in [2.45, 2.75) is 27.7 Å². The van der Waals surface area contributed by atoms with Crippen LogP contribution < -0.4 is 0 Å². The maximum absolute atomic E-state index is 9.30. The molecular formula is C20H17Cl2N3O. The molecule has 0 bridgehead atoms. The number of aryl methyl sites for hydroxylation is 2. The largest absolute Gasteiger partial charge is 0.442 e. The van der Waals surface area contributed by atoms with Gasteiger partial charge in [0.1, 0.15) is 17.4 Å². The first-order chi connectivity index (χ1) is 12.3. The number of hydrogen-bond acceptors (Lipinski definition) is 3. The van der Waals surface area contributed by atoms with Crippen LogP contribution in [0, 0.1) is 39.0 Å². The lowest BCUT2D eigenvalue weighted by Gasteiger charge is -2.10. The molecule has 0 aliphatic carbocycles. The van der Waals surface area contributed by atoms with Gasteiger partial charge in [0.25, 0.3) is 0 Å². The normalized spacial score (nSPS) is 11.3. The second kappa shape index (κ2) is 7.03. The van der Waals surface area contributed by atoms with Gasteiger partial charge < -0.3 is 8.98 Å². The van der Waals surface area contributed by atoms with E-state index in [2.05, 4.69) is 15.6 Å². The molecule has 3 rings (SSSR count). The second-order valence-electron chi connectivity index (χ2n) is 6.09. The minimum absolute atomic E-state index is 0.335. The monoisotopic (exact) mass is 385 g/mol. The molecular weight excluding hydrogens is 369 g/mol. The number of hydrogen-bond donors (Lipinski definition) is 0. The molecule has 0 radical (unpaired) electrons. The number of benzene rings is 1. The van der Waals surface area contributed by atoms with E-state index in [0.717, 1.165) is 28.2 Å². The highest BCUT2D eigenvalue weighted by Gasteiger charge is 2.14. The summed E-state index contributed by atoms with van der Waals surface area (Å²) < 4.78 is 7.67. The maximum Gasteiger partial charge on any atom is 0.237 e. The van der Waals surface area contributed by atoms with Gasteiger partial charge in [0, 0.05) is 34.4 Å². The molecule has 0 spiro atoms. The molecule has 4 nitrogen and oxygen atoms in total. The number of furan rings is 1. The zero-order valence-corrected chi connectivity index (χ0v) is 16.4. The third kappa shape index (κ3) is 3.16. The molecule has 0 saturated carbocycles. The average molecular weight is 386 g/mol. The Hall–Kier alpha value is -2.48. The van der Waals surface area contributed by atoms with E-state index in [4.69, 9.17) is 27.6 Å². The first-order valence-corrected chi connectivity index (χ1v) is 8.77. The molecule has 0 N–H and O–H groups in total. The van der Waals surface area contributed by atoms with E-state index in [0.29, 0.717) is 27.3 Å². The first kappa shape index (κ1) is 18.3. The van der Waals surface area contributed by atoms with Gasteiger partial charge in [-0.25, -0.2) is 4.99 Å². The summed E-state index contributed by atoms with van der Waals surface area (Å²) in [5.74, 6) is 1.04. The van der Waals surface area contributed by atoms with E-state index in [1.54, 1.807) is 12.3 Å². The smallest absolute Gasteiger partial charge is 0.237 e. The van der Waals surface area contributed by atoms with Crippen LogP contribution in [0.15, 0.2) is 33.7 Å².